The summed E-state index contributed by atoms with van der Waals surface area (Å²) in [6.07, 6.45) is 1.82. The molecule has 1 aliphatic rings. The molecule has 0 spiro atoms. The average Bonchev–Trinajstić information content (AvgIpc) is 2.05. The predicted octanol–water partition coefficient (Wildman–Crippen LogP) is 2.42. The molecule has 1 aliphatic heterocycles. The van der Waals surface area contributed by atoms with E-state index in [0.717, 1.165) is 13.1 Å². The topological polar surface area (TPSA) is 53.3 Å². The van der Waals surface area contributed by atoms with Crippen molar-refractivity contribution in [2.24, 2.45) is 0 Å². The van der Waals surface area contributed by atoms with Crippen LogP contribution in [0.5, 0.6) is 0 Å². The van der Waals surface area contributed by atoms with Crippen LogP contribution in [-0.4, -0.2) is 29.7 Å². The van der Waals surface area contributed by atoms with Crippen molar-refractivity contribution in [3.05, 3.63) is 13.0 Å². The summed E-state index contributed by atoms with van der Waals surface area (Å²) in [5.41, 5.74) is -0.368. The Balaban J connectivity index is -0.000000305. The van der Waals surface area contributed by atoms with E-state index in [1.165, 1.54) is 14.8 Å². The number of carbonyl (C=O) groups is 1. The van der Waals surface area contributed by atoms with E-state index < -0.39 is 0 Å². The summed E-state index contributed by atoms with van der Waals surface area (Å²) in [7, 11) is 0. The van der Waals surface area contributed by atoms with Crippen molar-refractivity contribution < 1.29 is 41.4 Å². The van der Waals surface area contributed by atoms with Crippen molar-refractivity contribution in [3.63, 3.8) is 0 Å². The van der Waals surface area contributed by atoms with Crippen molar-refractivity contribution in [2.45, 2.75) is 26.4 Å². The fourth-order valence-corrected chi connectivity index (χ4v) is 0.734. The number of carbonyl (C=O) groups excluding carboxylic acids is 1. The molecule has 0 aliphatic carbocycles. The van der Waals surface area contributed by atoms with Gasteiger partial charge in [0.05, 0.1) is 0 Å². The molecule has 7 heteroatoms. The molecule has 1 rings (SSSR count). The second kappa shape index (κ2) is 12.1. The molecule has 0 unspecified atom stereocenters. The number of ether oxygens (including phenoxy) is 1. The molecule has 92 valence electrons. The number of hydrogen-bond acceptors (Lipinski definition) is 3. The Labute approximate surface area is 129 Å². The molecule has 4 nitrogen and oxygen atoms in total. The molecule has 0 radical (unpaired) electrons. The second-order valence-corrected chi connectivity index (χ2v) is 3.67. The van der Waals surface area contributed by atoms with Gasteiger partial charge in [-0.1, -0.05) is 0 Å². The average molecular weight is 438 g/mol. The zero-order chi connectivity index (χ0) is 12.5. The van der Waals surface area contributed by atoms with Crippen LogP contribution in [0.3, 0.4) is 0 Å². The van der Waals surface area contributed by atoms with Crippen molar-refractivity contribution >= 4 is 25.8 Å². The van der Waals surface area contributed by atoms with E-state index in [0.29, 0.717) is 0 Å². The first-order chi connectivity index (χ1) is 6.99. The summed E-state index contributed by atoms with van der Waals surface area (Å²) < 4.78 is 5.11. The molecule has 0 atom stereocenters. The van der Waals surface area contributed by atoms with Gasteiger partial charge >= 0.3 is 57.7 Å². The van der Waals surface area contributed by atoms with Gasteiger partial charge in [-0.2, -0.15) is 0 Å². The number of halogens is 1. The van der Waals surface area contributed by atoms with Crippen LogP contribution in [0.15, 0.2) is 0 Å². The molecule has 0 aromatic rings. The Bertz CT molecular complexity index is 205. The number of likely N-dealkylation sites (tertiary alicyclic amines) is 1. The molecule has 1 saturated heterocycles. The van der Waals surface area contributed by atoms with E-state index in [1.807, 2.05) is 27.2 Å². The van der Waals surface area contributed by atoms with Gasteiger partial charge < -0.3 is 21.5 Å². The molecule has 16 heavy (non-hydrogen) atoms. The third kappa shape index (κ3) is 11.1. The zero-order valence-corrected chi connectivity index (χ0v) is 15.7. The summed E-state index contributed by atoms with van der Waals surface area (Å²) in [4.78, 5) is 12.8. The minimum atomic E-state index is -0.368. The third-order valence-corrected chi connectivity index (χ3v) is 1.35. The molecular formula is C9H14CuIN2O2Zn. The second-order valence-electron chi connectivity index (χ2n) is 3.67. The molecule has 0 bridgehead atoms. The molecule has 1 amide bonds. The van der Waals surface area contributed by atoms with Crippen LogP contribution in [0.25, 0.3) is 0 Å². The van der Waals surface area contributed by atoms with Gasteiger partial charge in [-0.05, 0) is 20.8 Å². The minimum absolute atomic E-state index is 0. The van der Waals surface area contributed by atoms with Gasteiger partial charge in [0.2, 0.25) is 0 Å². The van der Waals surface area contributed by atoms with Crippen LogP contribution in [0.2, 0.25) is 0 Å². The first kappa shape index (κ1) is 21.9. The Hall–Kier alpha value is 0.633. The molecule has 0 N–H and O–H groups in total. The Morgan fingerprint density at radius 1 is 1.44 bits per heavy atom. The van der Waals surface area contributed by atoms with Gasteiger partial charge in [-0.3, -0.25) is 6.42 Å². The van der Waals surface area contributed by atoms with Gasteiger partial charge in [0, 0.05) is 0 Å². The number of nitrogens with zero attached hydrogens (tertiary/aromatic N) is 2. The van der Waals surface area contributed by atoms with Crippen molar-refractivity contribution in [1.29, 1.82) is 5.26 Å². The maximum atomic E-state index is 11.1. The fraction of sp³-hybridized carbons (Fsp3) is 0.667. The molecule has 1 heterocycles. The van der Waals surface area contributed by atoms with E-state index in [-0.39, 0.29) is 28.8 Å². The van der Waals surface area contributed by atoms with Crippen LogP contribution in [0.4, 0.5) is 4.79 Å². The monoisotopic (exact) mass is 436 g/mol. The summed E-state index contributed by atoms with van der Waals surface area (Å²) in [6, 6.07) is 0. The van der Waals surface area contributed by atoms with Crippen LogP contribution in [-0.2, 0) is 36.6 Å². The number of hydrogen-bond donors (Lipinski definition) is 0. The number of rotatable bonds is 0. The molecule has 0 aromatic heterocycles. The van der Waals surface area contributed by atoms with Gasteiger partial charge in [0.1, 0.15) is 5.60 Å². The Morgan fingerprint density at radius 2 is 1.81 bits per heavy atom. The van der Waals surface area contributed by atoms with Gasteiger partial charge in [0.25, 0.3) is 0 Å². The number of amides is 1. The summed E-state index contributed by atoms with van der Waals surface area (Å²) in [6.45, 7) is 11.8. The molecular weight excluding hydrogens is 424 g/mol. The summed E-state index contributed by atoms with van der Waals surface area (Å²) in [5, 5.41) is 6.25. The first-order valence-corrected chi connectivity index (χ1v) is 13.3. The predicted molar refractivity (Wildman–Crippen MR) is 61.1 cm³/mol. The van der Waals surface area contributed by atoms with E-state index in [4.69, 9.17) is 16.6 Å². The summed E-state index contributed by atoms with van der Waals surface area (Å²) >= 11 is 3.62. The van der Waals surface area contributed by atoms with E-state index >= 15 is 0 Å². The fourth-order valence-electron chi connectivity index (χ4n) is 0.734. The normalized spacial score (nSPS) is 12.6. The van der Waals surface area contributed by atoms with Crippen LogP contribution >= 0.6 is 19.8 Å². The first-order valence-electron chi connectivity index (χ1n) is 4.28. The van der Waals surface area contributed by atoms with Crippen molar-refractivity contribution in [2.75, 3.05) is 13.1 Å². The zero-order valence-electron chi connectivity index (χ0n) is 9.59. The van der Waals surface area contributed by atoms with Gasteiger partial charge in [-0.15, -0.1) is 13.1 Å². The Kier molecular flexibility index (Phi) is 16.5. The van der Waals surface area contributed by atoms with Crippen LogP contribution in [0, 0.1) is 18.3 Å². The molecule has 0 saturated carbocycles. The van der Waals surface area contributed by atoms with E-state index in [2.05, 4.69) is 19.8 Å². The maximum absolute atomic E-state index is 11.1. The molecule has 0 aromatic carbocycles. The van der Waals surface area contributed by atoms with Crippen molar-refractivity contribution in [3.8, 4) is 0 Å². The molecule has 1 fully saturated rings. The SMILES string of the molecule is CC(C)(C)OC(=O)N1C[CH-]C1.[C-]#N.[Cu+].[Zn+][I]. The van der Waals surface area contributed by atoms with E-state index in [9.17, 15) is 4.79 Å². The van der Waals surface area contributed by atoms with Crippen LogP contribution < -0.4 is 0 Å². The van der Waals surface area contributed by atoms with Crippen molar-refractivity contribution in [1.82, 2.24) is 4.90 Å². The standard InChI is InChI=1S/C8H14NO2.CN.Cu.HI.Zn/c1-8(2,3)11-7(10)9-5-4-6-9;1-2;;;/h4H,5-6H2,1-3H3;;;1H;/q2*-1;+1;;+2/p-1. The Morgan fingerprint density at radius 3 is 2.00 bits per heavy atom. The van der Waals surface area contributed by atoms with Gasteiger partial charge in [0.15, 0.2) is 0 Å². The quantitative estimate of drug-likeness (QED) is 0.332. The summed E-state index contributed by atoms with van der Waals surface area (Å²) in [5.74, 6) is 0. The van der Waals surface area contributed by atoms with Crippen LogP contribution in [0.1, 0.15) is 20.8 Å². The van der Waals surface area contributed by atoms with E-state index in [1.54, 1.807) is 4.90 Å². The van der Waals surface area contributed by atoms with Gasteiger partial charge in [-0.25, -0.2) is 4.79 Å². The third-order valence-electron chi connectivity index (χ3n) is 1.35.